The highest BCUT2D eigenvalue weighted by Gasteiger charge is 2.19. The SMILES string of the molecule is CCC(=Nc1ccc(C(C)C)cc1)c1c(O)n(-c2ccccc2)c(=O)[nH]c1=O. The number of rotatable bonds is 5. The molecule has 0 saturated carbocycles. The van der Waals surface area contributed by atoms with Gasteiger partial charge in [-0.2, -0.15) is 0 Å². The Balaban J connectivity index is 2.15. The number of H-pyrrole nitrogens is 1. The van der Waals surface area contributed by atoms with Crippen molar-refractivity contribution in [1.29, 1.82) is 0 Å². The van der Waals surface area contributed by atoms with Crippen molar-refractivity contribution in [3.05, 3.63) is 86.6 Å². The summed E-state index contributed by atoms with van der Waals surface area (Å²) in [6.07, 6.45) is 0.412. The number of para-hydroxylation sites is 1. The molecule has 0 aliphatic carbocycles. The van der Waals surface area contributed by atoms with Gasteiger partial charge in [-0.1, -0.05) is 51.1 Å². The van der Waals surface area contributed by atoms with Gasteiger partial charge >= 0.3 is 5.69 Å². The molecule has 6 heteroatoms. The highest BCUT2D eigenvalue weighted by atomic mass is 16.3. The van der Waals surface area contributed by atoms with Crippen molar-refractivity contribution in [2.45, 2.75) is 33.1 Å². The standard InChI is InChI=1S/C22H23N3O3/c1-4-18(23-16-12-10-15(11-13-16)14(2)3)19-20(26)24-22(28)25(21(19)27)17-8-6-5-7-9-17/h5-14,27H,4H2,1-3H3,(H,24,26,28). The monoisotopic (exact) mass is 377 g/mol. The van der Waals surface area contributed by atoms with Gasteiger partial charge in [0.1, 0.15) is 5.56 Å². The topological polar surface area (TPSA) is 87.4 Å². The molecule has 0 saturated heterocycles. The molecule has 0 spiro atoms. The molecule has 0 fully saturated rings. The maximum Gasteiger partial charge on any atom is 0.335 e. The van der Waals surface area contributed by atoms with E-state index >= 15 is 0 Å². The van der Waals surface area contributed by atoms with Crippen LogP contribution in [0.25, 0.3) is 5.69 Å². The molecule has 0 aliphatic rings. The van der Waals surface area contributed by atoms with Crippen LogP contribution in [0.2, 0.25) is 0 Å². The molecule has 0 radical (unpaired) electrons. The maximum absolute atomic E-state index is 12.5. The molecule has 0 atom stereocenters. The van der Waals surface area contributed by atoms with Crippen LogP contribution in [0.15, 0.2) is 69.2 Å². The molecule has 2 N–H and O–H groups in total. The maximum atomic E-state index is 12.5. The van der Waals surface area contributed by atoms with Crippen LogP contribution in [0, 0.1) is 0 Å². The van der Waals surface area contributed by atoms with Crippen LogP contribution < -0.4 is 11.2 Å². The van der Waals surface area contributed by atoms with Gasteiger partial charge in [0, 0.05) is 0 Å². The first kappa shape index (κ1) is 19.4. The average Bonchev–Trinajstić information content (AvgIpc) is 2.68. The van der Waals surface area contributed by atoms with Gasteiger partial charge in [-0.15, -0.1) is 0 Å². The average molecular weight is 377 g/mol. The van der Waals surface area contributed by atoms with Gasteiger partial charge in [0.15, 0.2) is 0 Å². The Kier molecular flexibility index (Phi) is 5.59. The summed E-state index contributed by atoms with van der Waals surface area (Å²) in [5, 5.41) is 10.8. The lowest BCUT2D eigenvalue weighted by Crippen LogP contribution is -2.33. The number of nitrogens with zero attached hydrogens (tertiary/aromatic N) is 2. The van der Waals surface area contributed by atoms with Crippen molar-refractivity contribution in [1.82, 2.24) is 9.55 Å². The van der Waals surface area contributed by atoms with Crippen molar-refractivity contribution >= 4 is 11.4 Å². The second-order valence-electron chi connectivity index (χ2n) is 6.79. The number of aromatic hydroxyl groups is 1. The van der Waals surface area contributed by atoms with Gasteiger partial charge in [0.25, 0.3) is 5.56 Å². The van der Waals surface area contributed by atoms with Gasteiger partial charge in [-0.05, 0) is 42.2 Å². The Bertz CT molecular complexity index is 1110. The fourth-order valence-electron chi connectivity index (χ4n) is 3.00. The molecule has 3 rings (SSSR count). The minimum absolute atomic E-state index is 0.00103. The lowest BCUT2D eigenvalue weighted by molar-refractivity contribution is 0.429. The van der Waals surface area contributed by atoms with E-state index in [4.69, 9.17) is 0 Å². The molecule has 0 amide bonds. The number of benzene rings is 2. The molecule has 0 bridgehead atoms. The van der Waals surface area contributed by atoms with Crippen LogP contribution in [-0.2, 0) is 0 Å². The second-order valence-corrected chi connectivity index (χ2v) is 6.79. The fraction of sp³-hybridized carbons (Fsp3) is 0.227. The summed E-state index contributed by atoms with van der Waals surface area (Å²) in [5.74, 6) is -0.00987. The second kappa shape index (κ2) is 8.08. The van der Waals surface area contributed by atoms with E-state index in [1.165, 1.54) is 5.56 Å². The van der Waals surface area contributed by atoms with Crippen LogP contribution in [0.5, 0.6) is 5.88 Å². The Morgan fingerprint density at radius 2 is 1.71 bits per heavy atom. The number of hydrogen-bond acceptors (Lipinski definition) is 4. The predicted octanol–water partition coefficient (Wildman–Crippen LogP) is 3.89. The summed E-state index contributed by atoms with van der Waals surface area (Å²) in [7, 11) is 0. The first-order valence-electron chi connectivity index (χ1n) is 9.24. The van der Waals surface area contributed by atoms with Gasteiger partial charge in [-0.3, -0.25) is 14.8 Å². The Morgan fingerprint density at radius 1 is 1.07 bits per heavy atom. The molecule has 144 valence electrons. The Hall–Kier alpha value is -3.41. The van der Waals surface area contributed by atoms with Gasteiger partial charge in [0.2, 0.25) is 5.88 Å². The van der Waals surface area contributed by atoms with Crippen molar-refractivity contribution in [2.75, 3.05) is 0 Å². The number of nitrogens with one attached hydrogen (secondary N) is 1. The van der Waals surface area contributed by atoms with Gasteiger partial charge in [-0.25, -0.2) is 9.36 Å². The molecule has 3 aromatic rings. The Morgan fingerprint density at radius 3 is 2.29 bits per heavy atom. The van der Waals surface area contributed by atoms with E-state index in [1.807, 2.05) is 31.2 Å². The summed E-state index contributed by atoms with van der Waals surface area (Å²) in [6, 6.07) is 16.4. The zero-order chi connectivity index (χ0) is 20.3. The molecule has 2 aromatic carbocycles. The quantitative estimate of drug-likeness (QED) is 0.661. The highest BCUT2D eigenvalue weighted by molar-refractivity contribution is 6.03. The van der Waals surface area contributed by atoms with E-state index in [-0.39, 0.29) is 5.56 Å². The van der Waals surface area contributed by atoms with E-state index in [0.29, 0.717) is 29.4 Å². The molecule has 0 aliphatic heterocycles. The highest BCUT2D eigenvalue weighted by Crippen LogP contribution is 2.23. The third-order valence-corrected chi connectivity index (χ3v) is 4.55. The molecule has 6 nitrogen and oxygen atoms in total. The molecule has 28 heavy (non-hydrogen) atoms. The number of hydrogen-bond donors (Lipinski definition) is 2. The van der Waals surface area contributed by atoms with Crippen LogP contribution in [-0.4, -0.2) is 20.4 Å². The zero-order valence-corrected chi connectivity index (χ0v) is 16.1. The Labute approximate surface area is 162 Å². The summed E-state index contributed by atoms with van der Waals surface area (Å²) >= 11 is 0. The van der Waals surface area contributed by atoms with E-state index in [0.717, 1.165) is 4.57 Å². The molecule has 1 heterocycles. The lowest BCUT2D eigenvalue weighted by atomic mass is 10.0. The summed E-state index contributed by atoms with van der Waals surface area (Å²) in [4.78, 5) is 31.6. The van der Waals surface area contributed by atoms with Crippen molar-refractivity contribution in [2.24, 2.45) is 4.99 Å². The summed E-state index contributed by atoms with van der Waals surface area (Å²) in [5.41, 5.74) is 1.37. The third kappa shape index (κ3) is 3.81. The zero-order valence-electron chi connectivity index (χ0n) is 16.1. The molecular weight excluding hydrogens is 354 g/mol. The smallest absolute Gasteiger partial charge is 0.335 e. The largest absolute Gasteiger partial charge is 0.493 e. The van der Waals surface area contributed by atoms with E-state index in [2.05, 4.69) is 23.8 Å². The normalized spacial score (nSPS) is 11.8. The molecule has 1 aromatic heterocycles. The van der Waals surface area contributed by atoms with E-state index in [9.17, 15) is 14.7 Å². The van der Waals surface area contributed by atoms with Crippen molar-refractivity contribution in [3.63, 3.8) is 0 Å². The minimum atomic E-state index is -0.700. The van der Waals surface area contributed by atoms with E-state index < -0.39 is 17.1 Å². The van der Waals surface area contributed by atoms with Crippen LogP contribution >= 0.6 is 0 Å². The number of aromatic nitrogens is 2. The minimum Gasteiger partial charge on any atom is -0.493 e. The number of aromatic amines is 1. The molecule has 0 unspecified atom stereocenters. The van der Waals surface area contributed by atoms with Crippen LogP contribution in [0.1, 0.15) is 44.2 Å². The van der Waals surface area contributed by atoms with E-state index in [1.54, 1.807) is 30.3 Å². The van der Waals surface area contributed by atoms with Gasteiger partial charge < -0.3 is 5.11 Å². The lowest BCUT2D eigenvalue weighted by Gasteiger charge is -2.12. The van der Waals surface area contributed by atoms with Crippen molar-refractivity contribution in [3.8, 4) is 11.6 Å². The molecular formula is C22H23N3O3. The van der Waals surface area contributed by atoms with Crippen LogP contribution in [0.4, 0.5) is 5.69 Å². The first-order valence-corrected chi connectivity index (χ1v) is 9.24. The first-order chi connectivity index (χ1) is 13.4. The summed E-state index contributed by atoms with van der Waals surface area (Å²) < 4.78 is 1.07. The third-order valence-electron chi connectivity index (χ3n) is 4.55. The number of aliphatic imine (C=N–C) groups is 1. The predicted molar refractivity (Wildman–Crippen MR) is 111 cm³/mol. The van der Waals surface area contributed by atoms with Crippen LogP contribution in [0.3, 0.4) is 0 Å². The van der Waals surface area contributed by atoms with Crippen molar-refractivity contribution < 1.29 is 5.11 Å². The van der Waals surface area contributed by atoms with Gasteiger partial charge in [0.05, 0.1) is 17.1 Å². The summed E-state index contributed by atoms with van der Waals surface area (Å²) in [6.45, 7) is 6.07. The fourth-order valence-corrected chi connectivity index (χ4v) is 3.00.